The Balaban J connectivity index is 2.11. The Kier molecular flexibility index (Phi) is 4.97. The third kappa shape index (κ3) is 3.69. The number of likely N-dealkylation sites (N-methyl/N-ethyl adjacent to an activating group) is 1. The van der Waals surface area contributed by atoms with Gasteiger partial charge < -0.3 is 5.32 Å². The van der Waals surface area contributed by atoms with Crippen molar-refractivity contribution in [3.8, 4) is 0 Å². The third-order valence-corrected chi connectivity index (χ3v) is 4.12. The quantitative estimate of drug-likeness (QED) is 0.827. The Morgan fingerprint density at radius 3 is 2.56 bits per heavy atom. The molecule has 2 aromatic rings. The molecule has 1 nitrogen and oxygen atoms in total. The van der Waals surface area contributed by atoms with E-state index in [-0.39, 0.29) is 0 Å². The van der Waals surface area contributed by atoms with E-state index in [1.54, 1.807) is 0 Å². The highest BCUT2D eigenvalue weighted by Crippen LogP contribution is 2.23. The van der Waals surface area contributed by atoms with E-state index in [0.29, 0.717) is 5.92 Å². The Labute approximate surface area is 114 Å². The number of hydrogen-bond acceptors (Lipinski definition) is 2. The topological polar surface area (TPSA) is 12.0 Å². The number of aryl methyl sites for hydroxylation is 1. The standard InChI is InChI=1S/C16H21NS/c1-3-17-12-15(11-16-5-4-10-18-16)14-8-6-13(2)7-9-14/h4-10,15,17H,3,11-12H2,1-2H3. The summed E-state index contributed by atoms with van der Waals surface area (Å²) < 4.78 is 0. The number of rotatable bonds is 6. The molecule has 0 radical (unpaired) electrons. The molecule has 2 heteroatoms. The second kappa shape index (κ2) is 6.72. The lowest BCUT2D eigenvalue weighted by Crippen LogP contribution is -2.22. The monoisotopic (exact) mass is 259 g/mol. The predicted octanol–water partition coefficient (Wildman–Crippen LogP) is 3.99. The van der Waals surface area contributed by atoms with E-state index < -0.39 is 0 Å². The first-order valence-corrected chi connectivity index (χ1v) is 7.47. The minimum Gasteiger partial charge on any atom is -0.316 e. The van der Waals surface area contributed by atoms with Crippen LogP contribution in [0.2, 0.25) is 0 Å². The van der Waals surface area contributed by atoms with Crippen molar-refractivity contribution in [3.05, 3.63) is 57.8 Å². The van der Waals surface area contributed by atoms with E-state index in [0.717, 1.165) is 19.5 Å². The van der Waals surface area contributed by atoms with Gasteiger partial charge in [0.2, 0.25) is 0 Å². The summed E-state index contributed by atoms with van der Waals surface area (Å²) in [6, 6.07) is 13.3. The first kappa shape index (κ1) is 13.3. The fourth-order valence-corrected chi connectivity index (χ4v) is 2.92. The minimum atomic E-state index is 0.573. The van der Waals surface area contributed by atoms with Crippen LogP contribution in [0.5, 0.6) is 0 Å². The van der Waals surface area contributed by atoms with Crippen LogP contribution in [0.4, 0.5) is 0 Å². The van der Waals surface area contributed by atoms with Crippen molar-refractivity contribution in [2.24, 2.45) is 0 Å². The zero-order chi connectivity index (χ0) is 12.8. The molecule has 0 saturated heterocycles. The highest BCUT2D eigenvalue weighted by Gasteiger charge is 2.12. The zero-order valence-electron chi connectivity index (χ0n) is 11.1. The summed E-state index contributed by atoms with van der Waals surface area (Å²) in [6.07, 6.45) is 1.13. The van der Waals surface area contributed by atoms with Gasteiger partial charge in [-0.2, -0.15) is 0 Å². The van der Waals surface area contributed by atoms with Gasteiger partial charge in [-0.25, -0.2) is 0 Å². The van der Waals surface area contributed by atoms with Crippen molar-refractivity contribution in [1.82, 2.24) is 5.32 Å². The van der Waals surface area contributed by atoms with E-state index >= 15 is 0 Å². The lowest BCUT2D eigenvalue weighted by Gasteiger charge is -2.17. The van der Waals surface area contributed by atoms with Crippen molar-refractivity contribution in [2.45, 2.75) is 26.2 Å². The Morgan fingerprint density at radius 2 is 1.94 bits per heavy atom. The van der Waals surface area contributed by atoms with Crippen LogP contribution in [-0.4, -0.2) is 13.1 Å². The van der Waals surface area contributed by atoms with Crippen molar-refractivity contribution >= 4 is 11.3 Å². The Hall–Kier alpha value is -1.12. The van der Waals surface area contributed by atoms with Crippen LogP contribution in [0, 0.1) is 6.92 Å². The van der Waals surface area contributed by atoms with E-state index in [2.05, 4.69) is 60.9 Å². The molecule has 0 fully saturated rings. The molecule has 1 N–H and O–H groups in total. The molecule has 1 aromatic heterocycles. The maximum atomic E-state index is 3.48. The highest BCUT2D eigenvalue weighted by molar-refractivity contribution is 7.09. The third-order valence-electron chi connectivity index (χ3n) is 3.22. The van der Waals surface area contributed by atoms with Gasteiger partial charge in [0, 0.05) is 17.3 Å². The van der Waals surface area contributed by atoms with E-state index in [1.165, 1.54) is 16.0 Å². The molecule has 0 aliphatic heterocycles. The van der Waals surface area contributed by atoms with Gasteiger partial charge in [0.25, 0.3) is 0 Å². The molecule has 96 valence electrons. The summed E-state index contributed by atoms with van der Waals surface area (Å²) in [7, 11) is 0. The largest absolute Gasteiger partial charge is 0.316 e. The number of hydrogen-bond donors (Lipinski definition) is 1. The van der Waals surface area contributed by atoms with Gasteiger partial charge in [0.05, 0.1) is 0 Å². The predicted molar refractivity (Wildman–Crippen MR) is 80.5 cm³/mol. The van der Waals surface area contributed by atoms with Crippen molar-refractivity contribution in [1.29, 1.82) is 0 Å². The van der Waals surface area contributed by atoms with Crippen LogP contribution in [0.15, 0.2) is 41.8 Å². The summed E-state index contributed by atoms with van der Waals surface area (Å²) in [6.45, 7) is 6.39. The lowest BCUT2D eigenvalue weighted by atomic mass is 9.94. The molecular weight excluding hydrogens is 238 g/mol. The number of benzene rings is 1. The lowest BCUT2D eigenvalue weighted by molar-refractivity contribution is 0.598. The fourth-order valence-electron chi connectivity index (χ4n) is 2.14. The molecule has 0 bridgehead atoms. The zero-order valence-corrected chi connectivity index (χ0v) is 12.0. The van der Waals surface area contributed by atoms with Gasteiger partial charge >= 0.3 is 0 Å². The first-order valence-electron chi connectivity index (χ1n) is 6.59. The molecule has 18 heavy (non-hydrogen) atoms. The molecule has 0 aliphatic carbocycles. The maximum absolute atomic E-state index is 3.48. The maximum Gasteiger partial charge on any atom is 0.00517 e. The average molecular weight is 259 g/mol. The summed E-state index contributed by atoms with van der Waals surface area (Å²) in [4.78, 5) is 1.47. The van der Waals surface area contributed by atoms with E-state index in [4.69, 9.17) is 0 Å². The summed E-state index contributed by atoms with van der Waals surface area (Å²) in [5.41, 5.74) is 2.77. The van der Waals surface area contributed by atoms with Crippen LogP contribution in [0.25, 0.3) is 0 Å². The Bertz CT molecular complexity index is 444. The molecule has 1 heterocycles. The molecule has 1 unspecified atom stereocenters. The highest BCUT2D eigenvalue weighted by atomic mass is 32.1. The summed E-state index contributed by atoms with van der Waals surface area (Å²) in [5.74, 6) is 0.573. The van der Waals surface area contributed by atoms with Gasteiger partial charge in [0.15, 0.2) is 0 Å². The van der Waals surface area contributed by atoms with E-state index in [1.807, 2.05) is 11.3 Å². The Morgan fingerprint density at radius 1 is 1.17 bits per heavy atom. The number of thiophene rings is 1. The van der Waals surface area contributed by atoms with Crippen LogP contribution < -0.4 is 5.32 Å². The van der Waals surface area contributed by atoms with Crippen LogP contribution in [-0.2, 0) is 6.42 Å². The number of nitrogens with one attached hydrogen (secondary N) is 1. The average Bonchev–Trinajstić information content (AvgIpc) is 2.88. The molecular formula is C16H21NS. The van der Waals surface area contributed by atoms with Gasteiger partial charge in [-0.05, 0) is 36.9 Å². The SMILES string of the molecule is CCNCC(Cc1cccs1)c1ccc(C)cc1. The molecule has 2 rings (SSSR count). The minimum absolute atomic E-state index is 0.573. The van der Waals surface area contributed by atoms with Crippen LogP contribution >= 0.6 is 11.3 Å². The normalized spacial score (nSPS) is 12.6. The van der Waals surface area contributed by atoms with E-state index in [9.17, 15) is 0 Å². The second-order valence-electron chi connectivity index (χ2n) is 4.70. The van der Waals surface area contributed by atoms with Gasteiger partial charge in [-0.15, -0.1) is 11.3 Å². The molecule has 0 aliphatic rings. The molecule has 1 aromatic carbocycles. The molecule has 0 amide bonds. The van der Waals surface area contributed by atoms with Crippen molar-refractivity contribution in [2.75, 3.05) is 13.1 Å². The molecule has 1 atom stereocenters. The van der Waals surface area contributed by atoms with Crippen LogP contribution in [0.1, 0.15) is 28.8 Å². The van der Waals surface area contributed by atoms with Gasteiger partial charge in [-0.3, -0.25) is 0 Å². The first-order chi connectivity index (χ1) is 8.79. The van der Waals surface area contributed by atoms with Gasteiger partial charge in [-0.1, -0.05) is 42.8 Å². The molecule has 0 spiro atoms. The smallest absolute Gasteiger partial charge is 0.00517 e. The fraction of sp³-hybridized carbons (Fsp3) is 0.375. The summed E-state index contributed by atoms with van der Waals surface area (Å²) >= 11 is 1.85. The van der Waals surface area contributed by atoms with Crippen molar-refractivity contribution < 1.29 is 0 Å². The second-order valence-corrected chi connectivity index (χ2v) is 5.73. The van der Waals surface area contributed by atoms with Gasteiger partial charge in [0.1, 0.15) is 0 Å². The molecule has 0 saturated carbocycles. The van der Waals surface area contributed by atoms with Crippen molar-refractivity contribution in [3.63, 3.8) is 0 Å². The van der Waals surface area contributed by atoms with Crippen LogP contribution in [0.3, 0.4) is 0 Å². The summed E-state index contributed by atoms with van der Waals surface area (Å²) in [5, 5.41) is 5.64.